The molecule has 0 saturated heterocycles. The fourth-order valence-electron chi connectivity index (χ4n) is 2.45. The van der Waals surface area contributed by atoms with Crippen molar-refractivity contribution < 1.29 is 10.0 Å². The van der Waals surface area contributed by atoms with E-state index in [1.807, 2.05) is 44.2 Å². The number of anilines is 1. The van der Waals surface area contributed by atoms with Crippen molar-refractivity contribution in [3.05, 3.63) is 30.3 Å². The van der Waals surface area contributed by atoms with Crippen molar-refractivity contribution in [2.75, 3.05) is 5.32 Å². The van der Waals surface area contributed by atoms with Gasteiger partial charge in [0.15, 0.2) is 5.84 Å². The number of oxime groups is 1. The SMILES string of the molecule is CCCC(CCC)(C(=O)Nc1ccccc1)C(N)=NO. The Morgan fingerprint density at radius 2 is 1.80 bits per heavy atom. The van der Waals surface area contributed by atoms with E-state index in [0.29, 0.717) is 18.5 Å². The van der Waals surface area contributed by atoms with Gasteiger partial charge in [0.1, 0.15) is 5.41 Å². The smallest absolute Gasteiger partial charge is 0.238 e. The third kappa shape index (κ3) is 3.50. The minimum atomic E-state index is -0.950. The Kier molecular flexibility index (Phi) is 6.03. The van der Waals surface area contributed by atoms with Gasteiger partial charge in [-0.05, 0) is 25.0 Å². The predicted octanol–water partition coefficient (Wildman–Crippen LogP) is 2.96. The van der Waals surface area contributed by atoms with Gasteiger partial charge in [-0.15, -0.1) is 0 Å². The first kappa shape index (κ1) is 16.0. The highest BCUT2D eigenvalue weighted by atomic mass is 16.4. The van der Waals surface area contributed by atoms with Gasteiger partial charge in [0.25, 0.3) is 0 Å². The van der Waals surface area contributed by atoms with E-state index in [0.717, 1.165) is 12.8 Å². The number of rotatable bonds is 7. The van der Waals surface area contributed by atoms with Gasteiger partial charge in [0.2, 0.25) is 5.91 Å². The molecule has 110 valence electrons. The molecule has 5 nitrogen and oxygen atoms in total. The number of amidine groups is 1. The summed E-state index contributed by atoms with van der Waals surface area (Å²) in [6.45, 7) is 3.95. The van der Waals surface area contributed by atoms with Crippen LogP contribution in [0.5, 0.6) is 0 Å². The van der Waals surface area contributed by atoms with Crippen molar-refractivity contribution >= 4 is 17.4 Å². The zero-order valence-electron chi connectivity index (χ0n) is 12.1. The minimum absolute atomic E-state index is 0.0189. The average Bonchev–Trinajstić information content (AvgIpc) is 2.47. The lowest BCUT2D eigenvalue weighted by Gasteiger charge is -2.30. The molecule has 1 rings (SSSR count). The van der Waals surface area contributed by atoms with E-state index in [2.05, 4.69) is 10.5 Å². The maximum Gasteiger partial charge on any atom is 0.238 e. The Hall–Kier alpha value is -2.04. The van der Waals surface area contributed by atoms with Gasteiger partial charge in [-0.2, -0.15) is 0 Å². The first-order valence-electron chi connectivity index (χ1n) is 6.95. The Bertz CT molecular complexity index is 451. The number of nitrogens with zero attached hydrogens (tertiary/aromatic N) is 1. The Morgan fingerprint density at radius 3 is 2.25 bits per heavy atom. The van der Waals surface area contributed by atoms with E-state index in [1.165, 1.54) is 0 Å². The van der Waals surface area contributed by atoms with Crippen LogP contribution in [0.1, 0.15) is 39.5 Å². The average molecular weight is 277 g/mol. The molecule has 0 aliphatic rings. The predicted molar refractivity (Wildman–Crippen MR) is 80.7 cm³/mol. The van der Waals surface area contributed by atoms with Crippen molar-refractivity contribution in [1.29, 1.82) is 0 Å². The van der Waals surface area contributed by atoms with Gasteiger partial charge in [-0.25, -0.2) is 0 Å². The first-order chi connectivity index (χ1) is 9.60. The molecule has 0 radical (unpaired) electrons. The number of hydrogen-bond donors (Lipinski definition) is 3. The van der Waals surface area contributed by atoms with Crippen LogP contribution in [0.25, 0.3) is 0 Å². The summed E-state index contributed by atoms with van der Waals surface area (Å²) >= 11 is 0. The summed E-state index contributed by atoms with van der Waals surface area (Å²) in [6.07, 6.45) is 2.65. The van der Waals surface area contributed by atoms with Gasteiger partial charge in [-0.3, -0.25) is 4.79 Å². The van der Waals surface area contributed by atoms with Crippen LogP contribution in [0.4, 0.5) is 5.69 Å². The van der Waals surface area contributed by atoms with Crippen LogP contribution in [0, 0.1) is 5.41 Å². The number of nitrogens with two attached hydrogens (primary N) is 1. The first-order valence-corrected chi connectivity index (χ1v) is 6.95. The molecule has 5 heteroatoms. The minimum Gasteiger partial charge on any atom is -0.409 e. The molecule has 1 aromatic rings. The highest BCUT2D eigenvalue weighted by molar-refractivity contribution is 6.11. The van der Waals surface area contributed by atoms with Gasteiger partial charge in [0, 0.05) is 5.69 Å². The molecule has 1 aromatic carbocycles. The number of hydrogen-bond acceptors (Lipinski definition) is 3. The summed E-state index contributed by atoms with van der Waals surface area (Å²) in [5, 5.41) is 15.0. The van der Waals surface area contributed by atoms with Crippen molar-refractivity contribution in [3.63, 3.8) is 0 Å². The molecule has 0 fully saturated rings. The molecular formula is C15H23N3O2. The molecule has 0 aliphatic carbocycles. The van der Waals surface area contributed by atoms with Crippen molar-refractivity contribution in [1.82, 2.24) is 0 Å². The Labute approximate surface area is 119 Å². The van der Waals surface area contributed by atoms with Gasteiger partial charge >= 0.3 is 0 Å². The van der Waals surface area contributed by atoms with E-state index < -0.39 is 5.41 Å². The molecule has 0 spiro atoms. The largest absolute Gasteiger partial charge is 0.409 e. The fraction of sp³-hybridized carbons (Fsp3) is 0.467. The molecule has 4 N–H and O–H groups in total. The lowest BCUT2D eigenvalue weighted by atomic mass is 9.77. The van der Waals surface area contributed by atoms with Crippen LogP contribution < -0.4 is 11.1 Å². The summed E-state index contributed by atoms with van der Waals surface area (Å²) in [5.74, 6) is -0.239. The fourth-order valence-corrected chi connectivity index (χ4v) is 2.45. The van der Waals surface area contributed by atoms with Crippen LogP contribution >= 0.6 is 0 Å². The second kappa shape index (κ2) is 7.53. The van der Waals surface area contributed by atoms with Crippen LogP contribution in [0.2, 0.25) is 0 Å². The standard InChI is InChI=1S/C15H23N3O2/c1-3-10-15(11-4-2,13(16)18-20)14(19)17-12-8-6-5-7-9-12/h5-9,20H,3-4,10-11H2,1-2H3,(H2,16,18)(H,17,19). The molecule has 0 heterocycles. The number of benzene rings is 1. The Morgan fingerprint density at radius 1 is 1.25 bits per heavy atom. The number of amides is 1. The maximum atomic E-state index is 12.6. The topological polar surface area (TPSA) is 87.7 Å². The second-order valence-electron chi connectivity index (χ2n) is 4.89. The van der Waals surface area contributed by atoms with E-state index in [-0.39, 0.29) is 11.7 Å². The third-order valence-corrected chi connectivity index (χ3v) is 3.42. The van der Waals surface area contributed by atoms with Crippen molar-refractivity contribution in [2.45, 2.75) is 39.5 Å². The highest BCUT2D eigenvalue weighted by Crippen LogP contribution is 2.32. The van der Waals surface area contributed by atoms with Crippen molar-refractivity contribution in [2.24, 2.45) is 16.3 Å². The molecule has 1 amide bonds. The van der Waals surface area contributed by atoms with Gasteiger partial charge in [-0.1, -0.05) is 50.0 Å². The monoisotopic (exact) mass is 277 g/mol. The normalized spacial score (nSPS) is 12.2. The van der Waals surface area contributed by atoms with Crippen LogP contribution in [0.3, 0.4) is 0 Å². The third-order valence-electron chi connectivity index (χ3n) is 3.42. The lowest BCUT2D eigenvalue weighted by molar-refractivity contribution is -0.123. The molecule has 0 saturated carbocycles. The highest BCUT2D eigenvalue weighted by Gasteiger charge is 2.41. The lowest BCUT2D eigenvalue weighted by Crippen LogP contribution is -2.47. The van der Waals surface area contributed by atoms with E-state index in [9.17, 15) is 4.79 Å². The maximum absolute atomic E-state index is 12.6. The summed E-state index contributed by atoms with van der Waals surface area (Å²) in [6, 6.07) is 9.20. The Balaban J connectivity index is 3.05. The van der Waals surface area contributed by atoms with Gasteiger partial charge in [0.05, 0.1) is 0 Å². The van der Waals surface area contributed by atoms with Gasteiger partial charge < -0.3 is 16.3 Å². The van der Waals surface area contributed by atoms with Crippen LogP contribution in [0.15, 0.2) is 35.5 Å². The van der Waals surface area contributed by atoms with E-state index >= 15 is 0 Å². The summed E-state index contributed by atoms with van der Waals surface area (Å²) < 4.78 is 0. The van der Waals surface area contributed by atoms with E-state index in [4.69, 9.17) is 10.9 Å². The molecule has 0 bridgehead atoms. The molecule has 20 heavy (non-hydrogen) atoms. The molecule has 0 atom stereocenters. The summed E-state index contributed by atoms with van der Waals surface area (Å²) in [7, 11) is 0. The zero-order valence-corrected chi connectivity index (χ0v) is 12.1. The zero-order chi connectivity index (χ0) is 15.0. The molecular weight excluding hydrogens is 254 g/mol. The summed E-state index contributed by atoms with van der Waals surface area (Å²) in [5.41, 5.74) is 5.58. The number of carbonyl (C=O) groups excluding carboxylic acids is 1. The quantitative estimate of drug-likeness (QED) is 0.310. The second-order valence-corrected chi connectivity index (χ2v) is 4.89. The molecule has 0 aromatic heterocycles. The number of para-hydroxylation sites is 1. The van der Waals surface area contributed by atoms with Crippen LogP contribution in [-0.2, 0) is 4.79 Å². The number of nitrogens with one attached hydrogen (secondary N) is 1. The number of carbonyl (C=O) groups is 1. The van der Waals surface area contributed by atoms with Crippen molar-refractivity contribution in [3.8, 4) is 0 Å². The summed E-state index contributed by atoms with van der Waals surface area (Å²) in [4.78, 5) is 12.6. The molecule has 0 unspecified atom stereocenters. The van der Waals surface area contributed by atoms with E-state index in [1.54, 1.807) is 0 Å². The molecule has 0 aliphatic heterocycles. The van der Waals surface area contributed by atoms with Crippen LogP contribution in [-0.4, -0.2) is 17.0 Å².